The molecule has 0 aliphatic carbocycles. The van der Waals surface area contributed by atoms with Crippen LogP contribution in [0.15, 0.2) is 23.2 Å². The molecule has 4 rings (SSSR count). The zero-order valence-corrected chi connectivity index (χ0v) is 21.8. The number of nitrogens with zero attached hydrogens (tertiary/aromatic N) is 3. The molecule has 3 unspecified atom stereocenters. The number of guanidine groups is 1. The van der Waals surface area contributed by atoms with Gasteiger partial charge < -0.3 is 24.6 Å². The molecule has 3 aliphatic heterocycles. The van der Waals surface area contributed by atoms with E-state index in [9.17, 15) is 0 Å². The zero-order chi connectivity index (χ0) is 20.9. The van der Waals surface area contributed by atoms with Crippen LogP contribution in [0.3, 0.4) is 0 Å². The van der Waals surface area contributed by atoms with Gasteiger partial charge in [-0.3, -0.25) is 4.99 Å². The van der Waals surface area contributed by atoms with Crippen LogP contribution in [0.2, 0.25) is 5.02 Å². The number of nitrogens with one attached hydrogen (secondary N) is 1. The average molecular weight is 563 g/mol. The van der Waals surface area contributed by atoms with Crippen LogP contribution in [0.4, 0.5) is 5.69 Å². The van der Waals surface area contributed by atoms with Crippen LogP contribution in [0.1, 0.15) is 31.7 Å². The van der Waals surface area contributed by atoms with E-state index < -0.39 is 0 Å². The summed E-state index contributed by atoms with van der Waals surface area (Å²) < 4.78 is 11.9. The Morgan fingerprint density at radius 3 is 2.77 bits per heavy atom. The standard InChI is InChI=1S/C23H35ClN4O2.HI/c1-3-25-23(28-10-12-30-22(16-28)21-5-4-11-29-21)26-14-18-8-9-27(15-18)20-13-19(24)7-6-17(20)2;/h6-7,13,18,21-22H,3-5,8-12,14-16H2,1-2H3,(H,25,26);1H. The van der Waals surface area contributed by atoms with E-state index in [1.165, 1.54) is 11.3 Å². The van der Waals surface area contributed by atoms with Crippen molar-refractivity contribution in [3.8, 4) is 0 Å². The highest BCUT2D eigenvalue weighted by Crippen LogP contribution is 2.29. The minimum atomic E-state index is 0. The van der Waals surface area contributed by atoms with Crippen LogP contribution in [-0.2, 0) is 9.47 Å². The van der Waals surface area contributed by atoms with E-state index in [4.69, 9.17) is 26.1 Å². The molecule has 3 aliphatic rings. The number of ether oxygens (including phenoxy) is 2. The third kappa shape index (κ3) is 6.39. The Bertz CT molecular complexity index is 744. The molecule has 8 heteroatoms. The summed E-state index contributed by atoms with van der Waals surface area (Å²) in [5.74, 6) is 1.58. The Labute approximate surface area is 208 Å². The van der Waals surface area contributed by atoms with Gasteiger partial charge >= 0.3 is 0 Å². The van der Waals surface area contributed by atoms with Crippen molar-refractivity contribution in [2.45, 2.75) is 45.3 Å². The summed E-state index contributed by atoms with van der Waals surface area (Å²) in [5, 5.41) is 4.30. The Morgan fingerprint density at radius 1 is 1.16 bits per heavy atom. The largest absolute Gasteiger partial charge is 0.375 e. The molecular weight excluding hydrogens is 527 g/mol. The van der Waals surface area contributed by atoms with E-state index in [0.717, 1.165) is 82.7 Å². The zero-order valence-electron chi connectivity index (χ0n) is 18.7. The van der Waals surface area contributed by atoms with Crippen LogP contribution < -0.4 is 10.2 Å². The third-order valence-corrected chi connectivity index (χ3v) is 6.64. The molecule has 3 fully saturated rings. The maximum absolute atomic E-state index is 6.23. The van der Waals surface area contributed by atoms with Crippen molar-refractivity contribution < 1.29 is 9.47 Å². The van der Waals surface area contributed by atoms with Gasteiger partial charge in [-0.15, -0.1) is 24.0 Å². The second kappa shape index (κ2) is 11.9. The summed E-state index contributed by atoms with van der Waals surface area (Å²) in [6, 6.07) is 6.16. The molecule has 3 heterocycles. The number of halogens is 2. The molecule has 0 aromatic heterocycles. The lowest BCUT2D eigenvalue weighted by molar-refractivity contribution is -0.0817. The second-order valence-electron chi connectivity index (χ2n) is 8.63. The number of hydrogen-bond donors (Lipinski definition) is 1. The molecular formula is C23H36ClIN4O2. The minimum Gasteiger partial charge on any atom is -0.375 e. The molecule has 0 radical (unpaired) electrons. The quantitative estimate of drug-likeness (QED) is 0.335. The summed E-state index contributed by atoms with van der Waals surface area (Å²) in [5.41, 5.74) is 2.54. The number of hydrogen-bond acceptors (Lipinski definition) is 4. The fraction of sp³-hybridized carbons (Fsp3) is 0.696. The van der Waals surface area contributed by atoms with Crippen molar-refractivity contribution in [1.82, 2.24) is 10.2 Å². The maximum atomic E-state index is 6.23. The number of aryl methyl sites for hydroxylation is 1. The summed E-state index contributed by atoms with van der Waals surface area (Å²) in [6.07, 6.45) is 3.80. The van der Waals surface area contributed by atoms with Crippen molar-refractivity contribution >= 4 is 47.2 Å². The molecule has 174 valence electrons. The highest BCUT2D eigenvalue weighted by molar-refractivity contribution is 14.0. The molecule has 31 heavy (non-hydrogen) atoms. The first-order valence-corrected chi connectivity index (χ1v) is 11.8. The molecule has 1 aromatic carbocycles. The number of rotatable bonds is 5. The van der Waals surface area contributed by atoms with Gasteiger partial charge in [-0.05, 0) is 56.7 Å². The number of benzene rings is 1. The van der Waals surface area contributed by atoms with Crippen molar-refractivity contribution in [2.75, 3.05) is 57.4 Å². The van der Waals surface area contributed by atoms with E-state index in [1.54, 1.807) is 0 Å². The molecule has 3 atom stereocenters. The fourth-order valence-electron chi connectivity index (χ4n) is 4.75. The van der Waals surface area contributed by atoms with Crippen molar-refractivity contribution in [3.63, 3.8) is 0 Å². The first-order valence-electron chi connectivity index (χ1n) is 11.4. The monoisotopic (exact) mass is 562 g/mol. The first kappa shape index (κ1) is 24.9. The van der Waals surface area contributed by atoms with Crippen molar-refractivity contribution in [2.24, 2.45) is 10.9 Å². The Kier molecular flexibility index (Phi) is 9.55. The van der Waals surface area contributed by atoms with E-state index in [1.807, 2.05) is 6.07 Å². The molecule has 0 bridgehead atoms. The Balaban J connectivity index is 0.00000272. The van der Waals surface area contributed by atoms with Gasteiger partial charge in [-0.2, -0.15) is 0 Å². The summed E-state index contributed by atoms with van der Waals surface area (Å²) in [6.45, 7) is 11.4. The van der Waals surface area contributed by atoms with Crippen LogP contribution in [-0.4, -0.2) is 75.5 Å². The lowest BCUT2D eigenvalue weighted by atomic mass is 10.1. The minimum absolute atomic E-state index is 0. The molecule has 1 aromatic rings. The van der Waals surface area contributed by atoms with Crippen molar-refractivity contribution in [1.29, 1.82) is 0 Å². The molecule has 1 N–H and O–H groups in total. The number of morpholine rings is 1. The Morgan fingerprint density at radius 2 is 2.00 bits per heavy atom. The molecule has 0 amide bonds. The Hall–Kier alpha value is -0.770. The SMILES string of the molecule is CCNC(=NCC1CCN(c2cc(Cl)ccc2C)C1)N1CCOC(C2CCCO2)C1.I. The van der Waals surface area contributed by atoms with Gasteiger partial charge in [0.25, 0.3) is 0 Å². The van der Waals surface area contributed by atoms with Gasteiger partial charge in [0.2, 0.25) is 0 Å². The van der Waals surface area contributed by atoms with E-state index >= 15 is 0 Å². The molecule has 3 saturated heterocycles. The molecule has 0 saturated carbocycles. The van der Waals surface area contributed by atoms with Gasteiger partial charge in [0.05, 0.1) is 12.7 Å². The highest BCUT2D eigenvalue weighted by Gasteiger charge is 2.32. The fourth-order valence-corrected chi connectivity index (χ4v) is 4.92. The smallest absolute Gasteiger partial charge is 0.194 e. The van der Waals surface area contributed by atoms with E-state index in [-0.39, 0.29) is 36.2 Å². The lowest BCUT2D eigenvalue weighted by Crippen LogP contribution is -2.53. The summed E-state index contributed by atoms with van der Waals surface area (Å²) in [4.78, 5) is 9.84. The summed E-state index contributed by atoms with van der Waals surface area (Å²) >= 11 is 6.23. The number of aliphatic imine (C=N–C) groups is 1. The average Bonchev–Trinajstić information content (AvgIpc) is 3.45. The second-order valence-corrected chi connectivity index (χ2v) is 9.07. The third-order valence-electron chi connectivity index (χ3n) is 6.40. The van der Waals surface area contributed by atoms with Gasteiger partial charge in [-0.1, -0.05) is 17.7 Å². The normalized spacial score (nSPS) is 26.8. The van der Waals surface area contributed by atoms with Gasteiger partial charge in [-0.25, -0.2) is 0 Å². The topological polar surface area (TPSA) is 49.3 Å². The van der Waals surface area contributed by atoms with Gasteiger partial charge in [0, 0.05) is 56.6 Å². The number of anilines is 1. The molecule has 6 nitrogen and oxygen atoms in total. The first-order chi connectivity index (χ1) is 14.6. The van der Waals surface area contributed by atoms with Crippen LogP contribution >= 0.6 is 35.6 Å². The highest BCUT2D eigenvalue weighted by atomic mass is 127. The van der Waals surface area contributed by atoms with E-state index in [0.29, 0.717) is 5.92 Å². The van der Waals surface area contributed by atoms with Crippen molar-refractivity contribution in [3.05, 3.63) is 28.8 Å². The van der Waals surface area contributed by atoms with Gasteiger partial charge in [0.1, 0.15) is 6.10 Å². The maximum Gasteiger partial charge on any atom is 0.194 e. The molecule has 0 spiro atoms. The van der Waals surface area contributed by atoms with Crippen LogP contribution in [0, 0.1) is 12.8 Å². The van der Waals surface area contributed by atoms with Crippen LogP contribution in [0.25, 0.3) is 0 Å². The van der Waals surface area contributed by atoms with E-state index in [2.05, 4.69) is 41.1 Å². The van der Waals surface area contributed by atoms with Crippen LogP contribution in [0.5, 0.6) is 0 Å². The predicted octanol–water partition coefficient (Wildman–Crippen LogP) is 3.94. The predicted molar refractivity (Wildman–Crippen MR) is 138 cm³/mol. The summed E-state index contributed by atoms with van der Waals surface area (Å²) in [7, 11) is 0. The lowest BCUT2D eigenvalue weighted by Gasteiger charge is -2.37. The van der Waals surface area contributed by atoms with Gasteiger partial charge in [0.15, 0.2) is 5.96 Å².